The lowest BCUT2D eigenvalue weighted by Crippen LogP contribution is -2.08. The molecular formula is C15H14BrCl2NO. The van der Waals surface area contributed by atoms with Gasteiger partial charge in [-0.1, -0.05) is 45.2 Å². The van der Waals surface area contributed by atoms with Gasteiger partial charge in [0.15, 0.2) is 0 Å². The summed E-state index contributed by atoms with van der Waals surface area (Å²) in [6.45, 7) is 2.28. The highest BCUT2D eigenvalue weighted by atomic mass is 79.9. The van der Waals surface area contributed by atoms with Crippen LogP contribution in [0.4, 0.5) is 0 Å². The predicted molar refractivity (Wildman–Crippen MR) is 87.5 cm³/mol. The molecule has 0 bridgehead atoms. The molecule has 0 radical (unpaired) electrons. The Morgan fingerprint density at radius 3 is 2.60 bits per heavy atom. The van der Waals surface area contributed by atoms with E-state index >= 15 is 0 Å². The van der Waals surface area contributed by atoms with E-state index < -0.39 is 0 Å². The molecule has 0 heterocycles. The summed E-state index contributed by atoms with van der Waals surface area (Å²) >= 11 is 15.5. The Hall–Kier alpha value is -0.740. The molecule has 20 heavy (non-hydrogen) atoms. The van der Waals surface area contributed by atoms with Gasteiger partial charge in [-0.05, 0) is 37.3 Å². The molecule has 0 aliphatic rings. The minimum absolute atomic E-state index is 0.149. The Morgan fingerprint density at radius 2 is 1.95 bits per heavy atom. The molecule has 0 unspecified atom stereocenters. The van der Waals surface area contributed by atoms with Crippen LogP contribution in [0.1, 0.15) is 24.1 Å². The van der Waals surface area contributed by atoms with Gasteiger partial charge >= 0.3 is 0 Å². The minimum atomic E-state index is -0.149. The zero-order valence-corrected chi connectivity index (χ0v) is 14.0. The summed E-state index contributed by atoms with van der Waals surface area (Å²) in [5.41, 5.74) is 7.73. The highest BCUT2D eigenvalue weighted by molar-refractivity contribution is 9.10. The number of rotatable bonds is 4. The molecule has 2 aromatic carbocycles. The van der Waals surface area contributed by atoms with Crippen LogP contribution in [0.3, 0.4) is 0 Å². The van der Waals surface area contributed by atoms with E-state index in [1.807, 2.05) is 37.3 Å². The van der Waals surface area contributed by atoms with Crippen LogP contribution in [0.25, 0.3) is 0 Å². The van der Waals surface area contributed by atoms with E-state index in [9.17, 15) is 0 Å². The second-order valence-corrected chi connectivity index (χ2v) is 6.25. The SMILES string of the molecule is C[C@@H](N)c1cc(Cl)ccc1OCc1ccc(Br)cc1Cl. The van der Waals surface area contributed by atoms with Crippen molar-refractivity contribution in [2.24, 2.45) is 5.73 Å². The third-order valence-electron chi connectivity index (χ3n) is 2.86. The standard InChI is InChI=1S/C15H14BrCl2NO/c1-9(19)13-7-12(17)4-5-15(13)20-8-10-2-3-11(16)6-14(10)18/h2-7,9H,8,19H2,1H3/t9-/m1/s1. The maximum Gasteiger partial charge on any atom is 0.124 e. The smallest absolute Gasteiger partial charge is 0.124 e. The van der Waals surface area contributed by atoms with Crippen molar-refractivity contribution < 1.29 is 4.74 Å². The van der Waals surface area contributed by atoms with Crippen molar-refractivity contribution >= 4 is 39.1 Å². The first-order valence-electron chi connectivity index (χ1n) is 6.09. The summed E-state index contributed by atoms with van der Waals surface area (Å²) in [4.78, 5) is 0. The largest absolute Gasteiger partial charge is 0.489 e. The van der Waals surface area contributed by atoms with Gasteiger partial charge in [0.25, 0.3) is 0 Å². The fourth-order valence-electron chi connectivity index (χ4n) is 1.80. The van der Waals surface area contributed by atoms with E-state index in [0.717, 1.165) is 21.3 Å². The van der Waals surface area contributed by atoms with Crippen LogP contribution >= 0.6 is 39.1 Å². The Kier molecular flexibility index (Phi) is 5.33. The van der Waals surface area contributed by atoms with E-state index in [2.05, 4.69) is 15.9 Å². The first-order chi connectivity index (χ1) is 9.47. The first-order valence-corrected chi connectivity index (χ1v) is 7.64. The van der Waals surface area contributed by atoms with Crippen molar-refractivity contribution in [2.45, 2.75) is 19.6 Å². The molecule has 0 spiro atoms. The quantitative estimate of drug-likeness (QED) is 0.782. The molecule has 2 aromatic rings. The topological polar surface area (TPSA) is 35.2 Å². The molecule has 2 N–H and O–H groups in total. The second-order valence-electron chi connectivity index (χ2n) is 4.50. The number of ether oxygens (including phenoxy) is 1. The van der Waals surface area contributed by atoms with Gasteiger partial charge in [0.2, 0.25) is 0 Å². The predicted octanol–water partition coefficient (Wildman–Crippen LogP) is 5.35. The molecule has 2 nitrogen and oxygen atoms in total. The van der Waals surface area contributed by atoms with E-state index in [0.29, 0.717) is 16.7 Å². The van der Waals surface area contributed by atoms with Crippen LogP contribution in [0, 0.1) is 0 Å². The molecule has 0 aromatic heterocycles. The summed E-state index contributed by atoms with van der Waals surface area (Å²) in [5.74, 6) is 0.725. The average molecular weight is 375 g/mol. The number of hydrogen-bond donors (Lipinski definition) is 1. The van der Waals surface area contributed by atoms with E-state index in [4.69, 9.17) is 33.7 Å². The van der Waals surface area contributed by atoms with Crippen molar-refractivity contribution in [1.29, 1.82) is 0 Å². The molecule has 0 aliphatic heterocycles. The van der Waals surface area contributed by atoms with Crippen molar-refractivity contribution in [3.8, 4) is 5.75 Å². The van der Waals surface area contributed by atoms with E-state index in [1.165, 1.54) is 0 Å². The zero-order valence-electron chi connectivity index (χ0n) is 10.9. The Morgan fingerprint density at radius 1 is 1.20 bits per heavy atom. The molecule has 0 fully saturated rings. The van der Waals surface area contributed by atoms with Crippen molar-refractivity contribution in [2.75, 3.05) is 0 Å². The second kappa shape index (κ2) is 6.81. The highest BCUT2D eigenvalue weighted by Gasteiger charge is 2.10. The molecule has 106 valence electrons. The van der Waals surface area contributed by atoms with Crippen molar-refractivity contribution in [1.82, 2.24) is 0 Å². The average Bonchev–Trinajstić information content (AvgIpc) is 2.38. The van der Waals surface area contributed by atoms with Crippen LogP contribution in [-0.4, -0.2) is 0 Å². The molecule has 0 saturated carbocycles. The van der Waals surface area contributed by atoms with Gasteiger partial charge in [0.1, 0.15) is 12.4 Å². The van der Waals surface area contributed by atoms with Gasteiger partial charge in [0.05, 0.1) is 0 Å². The third kappa shape index (κ3) is 3.89. The van der Waals surface area contributed by atoms with Gasteiger partial charge in [-0.2, -0.15) is 0 Å². The number of nitrogens with two attached hydrogens (primary N) is 1. The number of hydrogen-bond acceptors (Lipinski definition) is 2. The maximum atomic E-state index is 6.17. The number of benzene rings is 2. The molecular weight excluding hydrogens is 361 g/mol. The highest BCUT2D eigenvalue weighted by Crippen LogP contribution is 2.29. The lowest BCUT2D eigenvalue weighted by molar-refractivity contribution is 0.301. The van der Waals surface area contributed by atoms with Crippen LogP contribution in [0.15, 0.2) is 40.9 Å². The first kappa shape index (κ1) is 15.6. The fourth-order valence-corrected chi connectivity index (χ4v) is 2.71. The normalized spacial score (nSPS) is 12.2. The summed E-state index contributed by atoms with van der Waals surface area (Å²) in [7, 11) is 0. The summed E-state index contributed by atoms with van der Waals surface area (Å²) in [6, 6.07) is 11.0. The molecule has 5 heteroatoms. The van der Waals surface area contributed by atoms with Crippen molar-refractivity contribution in [3.63, 3.8) is 0 Å². The third-order valence-corrected chi connectivity index (χ3v) is 3.94. The van der Waals surface area contributed by atoms with Crippen LogP contribution in [0.2, 0.25) is 10.0 Å². The van der Waals surface area contributed by atoms with Crippen LogP contribution in [0.5, 0.6) is 5.75 Å². The maximum absolute atomic E-state index is 6.17. The van der Waals surface area contributed by atoms with Gasteiger partial charge in [-0.25, -0.2) is 0 Å². The van der Waals surface area contributed by atoms with Gasteiger partial charge in [-0.15, -0.1) is 0 Å². The minimum Gasteiger partial charge on any atom is -0.489 e. The summed E-state index contributed by atoms with van der Waals surface area (Å²) in [6.07, 6.45) is 0. The zero-order chi connectivity index (χ0) is 14.7. The lowest BCUT2D eigenvalue weighted by atomic mass is 10.1. The molecule has 0 aliphatic carbocycles. The monoisotopic (exact) mass is 373 g/mol. The number of halogens is 3. The van der Waals surface area contributed by atoms with E-state index in [1.54, 1.807) is 6.07 Å². The van der Waals surface area contributed by atoms with Gasteiger partial charge < -0.3 is 10.5 Å². The molecule has 1 atom stereocenters. The Balaban J connectivity index is 2.18. The van der Waals surface area contributed by atoms with Crippen LogP contribution in [-0.2, 0) is 6.61 Å². The summed E-state index contributed by atoms with van der Waals surface area (Å²) in [5, 5.41) is 1.31. The molecule has 2 rings (SSSR count). The molecule has 0 amide bonds. The lowest BCUT2D eigenvalue weighted by Gasteiger charge is -2.15. The summed E-state index contributed by atoms with van der Waals surface area (Å²) < 4.78 is 6.76. The van der Waals surface area contributed by atoms with Crippen LogP contribution < -0.4 is 10.5 Å². The molecule has 0 saturated heterocycles. The Bertz CT molecular complexity index is 617. The fraction of sp³-hybridized carbons (Fsp3) is 0.200. The van der Waals surface area contributed by atoms with E-state index in [-0.39, 0.29) is 6.04 Å². The Labute approximate surface area is 137 Å². The van der Waals surface area contributed by atoms with Crippen molar-refractivity contribution in [3.05, 3.63) is 62.0 Å². The van der Waals surface area contributed by atoms with Gasteiger partial charge in [0, 0.05) is 31.7 Å². The van der Waals surface area contributed by atoms with Gasteiger partial charge in [-0.3, -0.25) is 0 Å².